The molecule has 1 N–H and O–H groups in total. The van der Waals surface area contributed by atoms with Gasteiger partial charge >= 0.3 is 5.97 Å². The maximum Gasteiger partial charge on any atom is 0.306 e. The largest absolute Gasteiger partial charge is 0.481 e. The van der Waals surface area contributed by atoms with Crippen LogP contribution < -0.4 is 0 Å². The van der Waals surface area contributed by atoms with Gasteiger partial charge in [0.15, 0.2) is 0 Å². The number of aliphatic carboxylic acids is 1. The van der Waals surface area contributed by atoms with Crippen LogP contribution in [0, 0.1) is 5.92 Å². The molecule has 1 atom stereocenters. The molecule has 0 aliphatic heterocycles. The predicted molar refractivity (Wildman–Crippen MR) is 40.9 cm³/mol. The Bertz CT molecular complexity index is 104. The van der Waals surface area contributed by atoms with Gasteiger partial charge in [-0.25, -0.2) is 0 Å². The zero-order chi connectivity index (χ0) is 7.98. The number of hydrogen-bond acceptors (Lipinski definition) is 1. The minimum Gasteiger partial charge on any atom is -0.481 e. The molecule has 1 unspecified atom stereocenters. The van der Waals surface area contributed by atoms with E-state index in [0.717, 1.165) is 25.7 Å². The van der Waals surface area contributed by atoms with Crippen LogP contribution in [0.2, 0.25) is 0 Å². The normalized spacial score (nSPS) is 11.8. The fourth-order valence-corrected chi connectivity index (χ4v) is 0.953. The maximum atomic E-state index is 10.4. The fraction of sp³-hybridized carbons (Fsp3) is 0.875. The van der Waals surface area contributed by atoms with Crippen LogP contribution in [0.15, 0.2) is 0 Å². The Morgan fingerprint density at radius 1 is 1.45 bits per heavy atom. The van der Waals surface area contributed by atoms with Gasteiger partial charge in [-0.1, -0.05) is 26.7 Å². The topological polar surface area (TPSA) is 37.3 Å². The first kappa shape index (κ1) is 13.7. The van der Waals surface area contributed by atoms with E-state index in [2.05, 4.69) is 6.92 Å². The zero-order valence-electron chi connectivity index (χ0n) is 7.08. The molecule has 0 bridgehead atoms. The molecule has 0 saturated carbocycles. The van der Waals surface area contributed by atoms with Crippen molar-refractivity contribution in [1.29, 1.82) is 0 Å². The van der Waals surface area contributed by atoms with Gasteiger partial charge < -0.3 is 5.11 Å². The molecule has 3 heteroatoms. The number of hydrogen-bond donors (Lipinski definition) is 1. The number of carboxylic acid groups (broad SMARTS) is 1. The van der Waals surface area contributed by atoms with Crippen molar-refractivity contribution in [1.82, 2.24) is 0 Å². The van der Waals surface area contributed by atoms with Crippen LogP contribution in [0.5, 0.6) is 0 Å². The minimum atomic E-state index is -0.643. The Morgan fingerprint density at radius 2 is 2.00 bits per heavy atom. The Kier molecular flexibility index (Phi) is 10.3. The fourth-order valence-electron chi connectivity index (χ4n) is 0.953. The zero-order valence-corrected chi connectivity index (χ0v) is 8.63. The third-order valence-corrected chi connectivity index (χ3v) is 1.75. The Balaban J connectivity index is 0. The molecule has 0 saturated heterocycles. The summed E-state index contributed by atoms with van der Waals surface area (Å²) in [6.45, 7) is 4.00. The van der Waals surface area contributed by atoms with E-state index in [1.165, 1.54) is 0 Å². The molecule has 0 radical (unpaired) electrons. The smallest absolute Gasteiger partial charge is 0.306 e. The number of carbonyl (C=O) groups is 1. The van der Waals surface area contributed by atoms with Gasteiger partial charge in [0.2, 0.25) is 0 Å². The summed E-state index contributed by atoms with van der Waals surface area (Å²) in [6.07, 6.45) is 3.71. The van der Waals surface area contributed by atoms with Gasteiger partial charge in [-0.2, -0.15) is 0 Å². The summed E-state index contributed by atoms with van der Waals surface area (Å²) in [5, 5.41) is 8.60. The van der Waals surface area contributed by atoms with Gasteiger partial charge in [0.25, 0.3) is 0 Å². The van der Waals surface area contributed by atoms with Crippen molar-refractivity contribution >= 4 is 5.97 Å². The van der Waals surface area contributed by atoms with E-state index in [-0.39, 0.29) is 26.3 Å². The van der Waals surface area contributed by atoms with E-state index in [9.17, 15) is 4.79 Å². The molecule has 0 heterocycles. The number of carboxylic acids is 1. The van der Waals surface area contributed by atoms with Crippen molar-refractivity contribution in [3.63, 3.8) is 0 Å². The van der Waals surface area contributed by atoms with Crippen molar-refractivity contribution < 1.29 is 30.3 Å². The van der Waals surface area contributed by atoms with E-state index in [1.54, 1.807) is 0 Å². The first-order chi connectivity index (χ1) is 4.72. The molecule has 0 fully saturated rings. The van der Waals surface area contributed by atoms with Crippen LogP contribution in [0.3, 0.4) is 0 Å². The summed E-state index contributed by atoms with van der Waals surface area (Å²) in [6, 6.07) is 0. The van der Waals surface area contributed by atoms with Gasteiger partial charge in [0, 0.05) is 20.4 Å². The van der Waals surface area contributed by atoms with E-state index >= 15 is 0 Å². The standard InChI is InChI=1S/C8H16O2.Pd/c1-3-5-6-7(4-2)8(9)10;/h7H,3-6H2,1-2H3,(H,9,10);. The average Bonchev–Trinajstić information content (AvgIpc) is 1.89. The summed E-state index contributed by atoms with van der Waals surface area (Å²) in [7, 11) is 0. The van der Waals surface area contributed by atoms with E-state index in [0.29, 0.717) is 0 Å². The SMILES string of the molecule is CCCCC(CC)C(=O)O.[Pd]. The molecule has 0 aromatic heterocycles. The van der Waals surface area contributed by atoms with Crippen LogP contribution in [0.1, 0.15) is 39.5 Å². The predicted octanol–water partition coefficient (Wildman–Crippen LogP) is 2.28. The first-order valence-corrected chi connectivity index (χ1v) is 3.95. The van der Waals surface area contributed by atoms with Gasteiger partial charge in [-0.05, 0) is 12.8 Å². The van der Waals surface area contributed by atoms with Crippen LogP contribution in [-0.2, 0) is 25.2 Å². The summed E-state index contributed by atoms with van der Waals surface area (Å²) < 4.78 is 0. The van der Waals surface area contributed by atoms with Crippen LogP contribution >= 0.6 is 0 Å². The van der Waals surface area contributed by atoms with E-state index in [4.69, 9.17) is 5.11 Å². The average molecular weight is 251 g/mol. The van der Waals surface area contributed by atoms with Crippen molar-refractivity contribution in [2.75, 3.05) is 0 Å². The Labute approximate surface area is 82.0 Å². The van der Waals surface area contributed by atoms with Crippen molar-refractivity contribution in [2.45, 2.75) is 39.5 Å². The van der Waals surface area contributed by atoms with Crippen LogP contribution in [0.25, 0.3) is 0 Å². The van der Waals surface area contributed by atoms with Crippen LogP contribution in [0.4, 0.5) is 0 Å². The minimum absolute atomic E-state index is 0. The molecule has 0 rings (SSSR count). The molecule has 0 amide bonds. The third kappa shape index (κ3) is 6.53. The van der Waals surface area contributed by atoms with Crippen LogP contribution in [-0.4, -0.2) is 11.1 Å². The summed E-state index contributed by atoms with van der Waals surface area (Å²) >= 11 is 0. The first-order valence-electron chi connectivity index (χ1n) is 3.95. The maximum absolute atomic E-state index is 10.4. The molecule has 0 spiro atoms. The molecule has 70 valence electrons. The van der Waals surface area contributed by atoms with Gasteiger partial charge in [-0.3, -0.25) is 4.79 Å². The molecule has 0 aliphatic carbocycles. The van der Waals surface area contributed by atoms with Gasteiger partial charge in [-0.15, -0.1) is 0 Å². The Hall–Kier alpha value is 0.132. The third-order valence-electron chi connectivity index (χ3n) is 1.75. The molecular weight excluding hydrogens is 235 g/mol. The molecule has 0 aromatic rings. The quantitative estimate of drug-likeness (QED) is 0.760. The molecule has 0 aromatic carbocycles. The number of rotatable bonds is 5. The second-order valence-electron chi connectivity index (χ2n) is 2.59. The van der Waals surface area contributed by atoms with Crippen molar-refractivity contribution in [2.24, 2.45) is 5.92 Å². The van der Waals surface area contributed by atoms with Gasteiger partial charge in [0.05, 0.1) is 5.92 Å². The molecule has 0 aliphatic rings. The summed E-state index contributed by atoms with van der Waals surface area (Å²) in [5.41, 5.74) is 0. The number of unbranched alkanes of at least 4 members (excludes halogenated alkanes) is 1. The van der Waals surface area contributed by atoms with E-state index in [1.807, 2.05) is 6.92 Å². The Morgan fingerprint density at radius 3 is 2.27 bits per heavy atom. The molecule has 2 nitrogen and oxygen atoms in total. The second kappa shape index (κ2) is 8.23. The summed E-state index contributed by atoms with van der Waals surface area (Å²) in [4.78, 5) is 10.4. The second-order valence-corrected chi connectivity index (χ2v) is 2.59. The monoisotopic (exact) mass is 250 g/mol. The molecule has 11 heavy (non-hydrogen) atoms. The molecular formula is C8H16O2Pd. The summed E-state index contributed by atoms with van der Waals surface area (Å²) in [5.74, 6) is -0.754. The van der Waals surface area contributed by atoms with E-state index < -0.39 is 5.97 Å². The van der Waals surface area contributed by atoms with Gasteiger partial charge in [0.1, 0.15) is 0 Å². The van der Waals surface area contributed by atoms with Crippen molar-refractivity contribution in [3.05, 3.63) is 0 Å². The van der Waals surface area contributed by atoms with Crippen molar-refractivity contribution in [3.8, 4) is 0 Å².